The molecule has 1 N–H and O–H groups in total. The second-order valence-electron chi connectivity index (χ2n) is 10.4. The Morgan fingerprint density at radius 1 is 1.07 bits per heavy atom. The quantitative estimate of drug-likeness (QED) is 0.289. The van der Waals surface area contributed by atoms with Gasteiger partial charge in [0.1, 0.15) is 17.0 Å². The molecule has 0 unspecified atom stereocenters. The summed E-state index contributed by atoms with van der Waals surface area (Å²) in [6.45, 7) is 6.15. The average molecular weight is 566 g/mol. The number of carbonyl (C=O) groups excluding carboxylic acids is 1. The molecule has 5 aromatic rings. The summed E-state index contributed by atoms with van der Waals surface area (Å²) >= 11 is 1.66. The molecular formula is C31H31N7O2S. The molecule has 1 fully saturated rings. The van der Waals surface area contributed by atoms with E-state index in [2.05, 4.69) is 60.2 Å². The van der Waals surface area contributed by atoms with Gasteiger partial charge < -0.3 is 19.5 Å². The highest BCUT2D eigenvalue weighted by Gasteiger charge is 2.25. The molecule has 2 aliphatic rings. The summed E-state index contributed by atoms with van der Waals surface area (Å²) in [7, 11) is 0. The molecule has 0 saturated carbocycles. The van der Waals surface area contributed by atoms with E-state index in [1.54, 1.807) is 23.7 Å². The van der Waals surface area contributed by atoms with E-state index in [-0.39, 0.29) is 5.91 Å². The van der Waals surface area contributed by atoms with Gasteiger partial charge in [0.05, 0.1) is 37.4 Å². The van der Waals surface area contributed by atoms with Crippen molar-refractivity contribution < 1.29 is 9.53 Å². The molecule has 7 rings (SSSR count). The Hall–Kier alpha value is -4.12. The molecule has 208 valence electrons. The van der Waals surface area contributed by atoms with Crippen LogP contribution in [0.25, 0.3) is 21.1 Å². The van der Waals surface area contributed by atoms with Gasteiger partial charge in [0.15, 0.2) is 0 Å². The van der Waals surface area contributed by atoms with Crippen LogP contribution in [0, 0.1) is 0 Å². The summed E-state index contributed by atoms with van der Waals surface area (Å²) in [5, 5.41) is 5.77. The monoisotopic (exact) mass is 565 g/mol. The van der Waals surface area contributed by atoms with Crippen molar-refractivity contribution in [2.45, 2.75) is 19.5 Å². The van der Waals surface area contributed by atoms with Crippen molar-refractivity contribution in [3.05, 3.63) is 89.5 Å². The zero-order valence-electron chi connectivity index (χ0n) is 22.7. The molecule has 0 bridgehead atoms. The fraction of sp³-hybridized carbons (Fsp3) is 0.290. The molecule has 0 spiro atoms. The standard InChI is InChI=1S/C31H31N7O2S/c39-28(5-3-11-36-14-16-40-17-15-36)38-13-9-25-27(20-38)41-31-29(25)30(33-21-34-31)35-23-6-7-26-22(18-23)8-12-37(26)19-24-4-1-2-10-32-24/h1-8,10,12,18,21H,9,11,13-17,19-20H2,(H,33,34,35). The number of benzene rings is 1. The van der Waals surface area contributed by atoms with E-state index in [1.165, 1.54) is 10.4 Å². The summed E-state index contributed by atoms with van der Waals surface area (Å²) in [6, 6.07) is 14.5. The minimum Gasteiger partial charge on any atom is -0.379 e. The number of anilines is 2. The number of carbonyl (C=O) groups is 1. The summed E-state index contributed by atoms with van der Waals surface area (Å²) in [4.78, 5) is 33.0. The minimum atomic E-state index is 0.0640. The van der Waals surface area contributed by atoms with E-state index in [0.717, 1.165) is 84.1 Å². The predicted octanol–water partition coefficient (Wildman–Crippen LogP) is 4.61. The first-order valence-electron chi connectivity index (χ1n) is 14.0. The van der Waals surface area contributed by atoms with Crippen LogP contribution in [-0.4, -0.2) is 74.6 Å². The third kappa shape index (κ3) is 5.46. The summed E-state index contributed by atoms with van der Waals surface area (Å²) in [5.74, 6) is 0.874. The number of aromatic nitrogens is 4. The molecule has 9 nitrogen and oxygen atoms in total. The molecule has 1 saturated heterocycles. The maximum absolute atomic E-state index is 12.9. The van der Waals surface area contributed by atoms with Crippen LogP contribution in [-0.2, 0) is 29.0 Å². The third-order valence-corrected chi connectivity index (χ3v) is 8.89. The first-order valence-corrected chi connectivity index (χ1v) is 14.8. The van der Waals surface area contributed by atoms with Crippen LogP contribution in [0.5, 0.6) is 0 Å². The Kier molecular flexibility index (Phi) is 7.18. The van der Waals surface area contributed by atoms with Crippen LogP contribution in [0.15, 0.2) is 73.3 Å². The highest BCUT2D eigenvalue weighted by molar-refractivity contribution is 7.19. The molecule has 0 atom stereocenters. The van der Waals surface area contributed by atoms with Crippen molar-refractivity contribution in [2.75, 3.05) is 44.7 Å². The fourth-order valence-electron chi connectivity index (χ4n) is 5.62. The molecule has 10 heteroatoms. The Bertz CT molecular complexity index is 1720. The lowest BCUT2D eigenvalue weighted by Gasteiger charge is -2.27. The predicted molar refractivity (Wildman–Crippen MR) is 161 cm³/mol. The largest absolute Gasteiger partial charge is 0.379 e. The van der Waals surface area contributed by atoms with Crippen LogP contribution >= 0.6 is 11.3 Å². The van der Waals surface area contributed by atoms with E-state index in [1.807, 2.05) is 35.4 Å². The van der Waals surface area contributed by atoms with E-state index in [0.29, 0.717) is 13.1 Å². The van der Waals surface area contributed by atoms with Gasteiger partial charge in [0, 0.05) is 66.1 Å². The second-order valence-corrected chi connectivity index (χ2v) is 11.5. The molecule has 4 aromatic heterocycles. The number of fused-ring (bicyclic) bond motifs is 4. The van der Waals surface area contributed by atoms with Crippen LogP contribution < -0.4 is 5.32 Å². The zero-order chi connectivity index (χ0) is 27.6. The second kappa shape index (κ2) is 11.4. The minimum absolute atomic E-state index is 0.0640. The lowest BCUT2D eigenvalue weighted by atomic mass is 10.0. The Labute approximate surface area is 242 Å². The van der Waals surface area contributed by atoms with Crippen molar-refractivity contribution in [3.63, 3.8) is 0 Å². The highest BCUT2D eigenvalue weighted by atomic mass is 32.1. The summed E-state index contributed by atoms with van der Waals surface area (Å²) < 4.78 is 7.61. The van der Waals surface area contributed by atoms with Crippen LogP contribution in [0.1, 0.15) is 16.1 Å². The lowest BCUT2D eigenvalue weighted by molar-refractivity contribution is -0.126. The smallest absolute Gasteiger partial charge is 0.246 e. The van der Waals surface area contributed by atoms with Crippen molar-refractivity contribution >= 4 is 49.9 Å². The van der Waals surface area contributed by atoms with Gasteiger partial charge in [-0.1, -0.05) is 12.1 Å². The zero-order valence-corrected chi connectivity index (χ0v) is 23.5. The first kappa shape index (κ1) is 25.8. The third-order valence-electron chi connectivity index (χ3n) is 7.77. The van der Waals surface area contributed by atoms with Gasteiger partial charge in [-0.3, -0.25) is 14.7 Å². The van der Waals surface area contributed by atoms with Crippen molar-refractivity contribution in [1.29, 1.82) is 0 Å². The number of nitrogens with zero attached hydrogens (tertiary/aromatic N) is 6. The van der Waals surface area contributed by atoms with Gasteiger partial charge in [-0.2, -0.15) is 0 Å². The van der Waals surface area contributed by atoms with Gasteiger partial charge in [-0.25, -0.2) is 9.97 Å². The molecule has 6 heterocycles. The van der Waals surface area contributed by atoms with E-state index >= 15 is 0 Å². The molecular weight excluding hydrogens is 534 g/mol. The molecule has 0 radical (unpaired) electrons. The van der Waals surface area contributed by atoms with Crippen LogP contribution in [0.2, 0.25) is 0 Å². The Balaban J connectivity index is 1.07. The van der Waals surface area contributed by atoms with Gasteiger partial charge in [-0.15, -0.1) is 11.3 Å². The number of pyridine rings is 1. The molecule has 2 aliphatic heterocycles. The van der Waals surface area contributed by atoms with Crippen molar-refractivity contribution in [2.24, 2.45) is 0 Å². The van der Waals surface area contributed by atoms with Crippen LogP contribution in [0.3, 0.4) is 0 Å². The van der Waals surface area contributed by atoms with E-state index in [4.69, 9.17) is 4.74 Å². The molecule has 1 aromatic carbocycles. The number of hydrogen-bond donors (Lipinski definition) is 1. The van der Waals surface area contributed by atoms with E-state index < -0.39 is 0 Å². The van der Waals surface area contributed by atoms with Gasteiger partial charge >= 0.3 is 0 Å². The number of nitrogens with one attached hydrogen (secondary N) is 1. The van der Waals surface area contributed by atoms with Gasteiger partial charge in [0.25, 0.3) is 0 Å². The average Bonchev–Trinajstić information content (AvgIpc) is 3.59. The first-order chi connectivity index (χ1) is 20.2. The summed E-state index contributed by atoms with van der Waals surface area (Å²) in [5.41, 5.74) is 4.41. The molecule has 0 aliphatic carbocycles. The molecule has 41 heavy (non-hydrogen) atoms. The fourth-order valence-corrected chi connectivity index (χ4v) is 6.82. The number of thiophene rings is 1. The Morgan fingerprint density at radius 3 is 2.88 bits per heavy atom. The highest BCUT2D eigenvalue weighted by Crippen LogP contribution is 2.38. The number of rotatable bonds is 7. The molecule has 1 amide bonds. The lowest BCUT2D eigenvalue weighted by Crippen LogP contribution is -2.37. The Morgan fingerprint density at radius 2 is 2.00 bits per heavy atom. The van der Waals surface area contributed by atoms with E-state index in [9.17, 15) is 4.79 Å². The maximum atomic E-state index is 12.9. The van der Waals surface area contributed by atoms with Gasteiger partial charge in [-0.05, 0) is 48.4 Å². The number of amides is 1. The number of ether oxygens (including phenoxy) is 1. The van der Waals surface area contributed by atoms with Gasteiger partial charge in [0.2, 0.25) is 5.91 Å². The maximum Gasteiger partial charge on any atom is 0.246 e. The van der Waals surface area contributed by atoms with Crippen molar-refractivity contribution in [3.8, 4) is 0 Å². The van der Waals surface area contributed by atoms with Crippen LogP contribution in [0.4, 0.5) is 11.5 Å². The van der Waals surface area contributed by atoms with Crippen molar-refractivity contribution in [1.82, 2.24) is 29.3 Å². The summed E-state index contributed by atoms with van der Waals surface area (Å²) in [6.07, 6.45) is 10.0. The number of morpholine rings is 1. The number of hydrogen-bond acceptors (Lipinski definition) is 8. The SMILES string of the molecule is O=C(C=CCN1CCOCC1)N1CCc2c(sc3ncnc(Nc4ccc5c(ccn5Cc5ccccn5)c4)c23)C1. The normalized spacial score (nSPS) is 16.0. The topological polar surface area (TPSA) is 88.4 Å².